The number of rotatable bonds is 4. The summed E-state index contributed by atoms with van der Waals surface area (Å²) < 4.78 is 36.7. The Morgan fingerprint density at radius 2 is 2.29 bits per heavy atom. The van der Waals surface area contributed by atoms with E-state index >= 15 is 0 Å². The first kappa shape index (κ1) is 14.7. The third-order valence-corrected chi connectivity index (χ3v) is 5.74. The molecule has 8 heteroatoms. The molecule has 0 amide bonds. The minimum Gasteiger partial charge on any atom is -0.473 e. The van der Waals surface area contributed by atoms with E-state index in [4.69, 9.17) is 9.47 Å². The molecule has 1 aromatic rings. The molecule has 1 spiro atoms. The second-order valence-electron chi connectivity index (χ2n) is 5.48. The van der Waals surface area contributed by atoms with Gasteiger partial charge in [0, 0.05) is 38.3 Å². The summed E-state index contributed by atoms with van der Waals surface area (Å²) in [5.41, 5.74) is -0.395. The Morgan fingerprint density at radius 1 is 1.48 bits per heavy atom. The highest BCUT2D eigenvalue weighted by Gasteiger charge is 2.51. The van der Waals surface area contributed by atoms with Gasteiger partial charge in [0.05, 0.1) is 24.2 Å². The first-order chi connectivity index (χ1) is 10.0. The summed E-state index contributed by atoms with van der Waals surface area (Å²) in [7, 11) is -3.12. The molecule has 0 radical (unpaired) electrons. The number of hydrogen-bond donors (Lipinski definition) is 0. The van der Waals surface area contributed by atoms with Crippen LogP contribution in [0.15, 0.2) is 18.6 Å². The fraction of sp³-hybridized carbons (Fsp3) is 0.692. The van der Waals surface area contributed by atoms with Crippen molar-refractivity contribution in [2.75, 3.05) is 25.4 Å². The Bertz CT molecular complexity index is 587. The van der Waals surface area contributed by atoms with Crippen LogP contribution >= 0.6 is 0 Å². The van der Waals surface area contributed by atoms with Gasteiger partial charge in [0.15, 0.2) is 0 Å². The van der Waals surface area contributed by atoms with E-state index < -0.39 is 15.6 Å². The lowest BCUT2D eigenvalue weighted by Crippen LogP contribution is -2.67. The number of aromatic nitrogens is 2. The highest BCUT2D eigenvalue weighted by Crippen LogP contribution is 2.36. The molecular formula is C13H19N3O4S. The summed E-state index contributed by atoms with van der Waals surface area (Å²) in [5.74, 6) is 0.625. The van der Waals surface area contributed by atoms with Gasteiger partial charge in [0.1, 0.15) is 6.10 Å². The van der Waals surface area contributed by atoms with Gasteiger partial charge < -0.3 is 9.47 Å². The molecule has 0 N–H and O–H groups in total. The first-order valence-corrected chi connectivity index (χ1v) is 8.68. The monoisotopic (exact) mass is 313 g/mol. The van der Waals surface area contributed by atoms with Crippen molar-refractivity contribution in [3.05, 3.63) is 18.6 Å². The third kappa shape index (κ3) is 3.02. The lowest BCUT2D eigenvalue weighted by Gasteiger charge is -2.51. The Morgan fingerprint density at radius 3 is 2.95 bits per heavy atom. The van der Waals surface area contributed by atoms with Gasteiger partial charge in [-0.1, -0.05) is 0 Å². The number of ether oxygens (including phenoxy) is 2. The minimum absolute atomic E-state index is 0.0121. The normalized spacial score (nSPS) is 25.5. The molecule has 3 rings (SSSR count). The average Bonchev–Trinajstić information content (AvgIpc) is 2.46. The lowest BCUT2D eigenvalue weighted by atomic mass is 9.86. The van der Waals surface area contributed by atoms with Crippen molar-refractivity contribution in [1.29, 1.82) is 0 Å². The Balaban J connectivity index is 1.60. The quantitative estimate of drug-likeness (QED) is 0.802. The Hall–Kier alpha value is -1.25. The molecule has 1 aromatic heterocycles. The molecule has 0 aromatic carbocycles. The van der Waals surface area contributed by atoms with E-state index in [1.54, 1.807) is 25.5 Å². The molecular weight excluding hydrogens is 294 g/mol. The van der Waals surface area contributed by atoms with E-state index in [9.17, 15) is 8.42 Å². The summed E-state index contributed by atoms with van der Waals surface area (Å²) in [6.45, 7) is 3.07. The standard InChI is InChI=1S/C13H19N3O4S/c1-2-21(17,18)16-9-13(10-16)7-11(3-6-19-13)20-12-8-14-4-5-15-12/h4-5,8,11H,2-3,6-7,9-10H2,1H3/t11-/m0/s1. The van der Waals surface area contributed by atoms with Crippen LogP contribution in [0.5, 0.6) is 5.88 Å². The van der Waals surface area contributed by atoms with Crippen LogP contribution in [0.4, 0.5) is 0 Å². The number of nitrogens with zero attached hydrogens (tertiary/aromatic N) is 3. The van der Waals surface area contributed by atoms with Crippen LogP contribution in [0.3, 0.4) is 0 Å². The highest BCUT2D eigenvalue weighted by atomic mass is 32.2. The van der Waals surface area contributed by atoms with Crippen molar-refractivity contribution < 1.29 is 17.9 Å². The van der Waals surface area contributed by atoms with E-state index in [1.165, 1.54) is 4.31 Å². The van der Waals surface area contributed by atoms with Gasteiger partial charge in [0.2, 0.25) is 15.9 Å². The van der Waals surface area contributed by atoms with Crippen molar-refractivity contribution in [2.24, 2.45) is 0 Å². The molecule has 21 heavy (non-hydrogen) atoms. The van der Waals surface area contributed by atoms with E-state index in [0.717, 1.165) is 6.42 Å². The molecule has 2 aliphatic heterocycles. The van der Waals surface area contributed by atoms with Crippen LogP contribution in [-0.4, -0.2) is 59.8 Å². The van der Waals surface area contributed by atoms with Crippen LogP contribution in [0.25, 0.3) is 0 Å². The second kappa shape index (κ2) is 5.51. The molecule has 0 unspecified atom stereocenters. The van der Waals surface area contributed by atoms with Crippen molar-refractivity contribution in [3.8, 4) is 5.88 Å². The molecule has 7 nitrogen and oxygen atoms in total. The van der Waals surface area contributed by atoms with E-state index in [0.29, 0.717) is 32.0 Å². The lowest BCUT2D eigenvalue weighted by molar-refractivity contribution is -0.165. The fourth-order valence-electron chi connectivity index (χ4n) is 2.80. The average molecular weight is 313 g/mol. The summed E-state index contributed by atoms with van der Waals surface area (Å²) in [6.07, 6.45) is 6.21. The van der Waals surface area contributed by atoms with Gasteiger partial charge in [-0.05, 0) is 6.92 Å². The van der Waals surface area contributed by atoms with Crippen LogP contribution < -0.4 is 4.74 Å². The molecule has 2 aliphatic rings. The van der Waals surface area contributed by atoms with E-state index in [2.05, 4.69) is 9.97 Å². The SMILES string of the molecule is CCS(=O)(=O)N1CC2(C[C@@H](Oc3cnccn3)CCO2)C1. The highest BCUT2D eigenvalue weighted by molar-refractivity contribution is 7.89. The maximum absolute atomic E-state index is 11.8. The number of hydrogen-bond acceptors (Lipinski definition) is 6. The van der Waals surface area contributed by atoms with E-state index in [1.807, 2.05) is 0 Å². The van der Waals surface area contributed by atoms with Gasteiger partial charge in [-0.2, -0.15) is 4.31 Å². The predicted octanol–water partition coefficient (Wildman–Crippen LogP) is 0.438. The molecule has 116 valence electrons. The van der Waals surface area contributed by atoms with E-state index in [-0.39, 0.29) is 11.9 Å². The van der Waals surface area contributed by atoms with Crippen molar-refractivity contribution >= 4 is 10.0 Å². The zero-order valence-corrected chi connectivity index (χ0v) is 12.8. The zero-order valence-electron chi connectivity index (χ0n) is 11.9. The molecule has 0 aliphatic carbocycles. The molecule has 0 saturated carbocycles. The van der Waals surface area contributed by atoms with Gasteiger partial charge in [0.25, 0.3) is 0 Å². The topological polar surface area (TPSA) is 81.6 Å². The van der Waals surface area contributed by atoms with Gasteiger partial charge >= 0.3 is 0 Å². The second-order valence-corrected chi connectivity index (χ2v) is 7.73. The molecule has 2 fully saturated rings. The van der Waals surface area contributed by atoms with Crippen molar-refractivity contribution in [1.82, 2.24) is 14.3 Å². The van der Waals surface area contributed by atoms with Crippen LogP contribution in [0.1, 0.15) is 19.8 Å². The third-order valence-electron chi connectivity index (χ3n) is 3.96. The smallest absolute Gasteiger partial charge is 0.232 e. The van der Waals surface area contributed by atoms with Crippen molar-refractivity contribution in [3.63, 3.8) is 0 Å². The Kier molecular flexibility index (Phi) is 3.85. The summed E-state index contributed by atoms with van der Waals surface area (Å²) in [5, 5.41) is 0. The van der Waals surface area contributed by atoms with Crippen LogP contribution in [0.2, 0.25) is 0 Å². The summed E-state index contributed by atoms with van der Waals surface area (Å²) in [6, 6.07) is 0. The molecule has 0 bridgehead atoms. The molecule has 3 heterocycles. The summed E-state index contributed by atoms with van der Waals surface area (Å²) in [4.78, 5) is 8.07. The predicted molar refractivity (Wildman–Crippen MR) is 75.4 cm³/mol. The largest absolute Gasteiger partial charge is 0.473 e. The maximum Gasteiger partial charge on any atom is 0.232 e. The minimum atomic E-state index is -3.12. The molecule has 2 saturated heterocycles. The van der Waals surface area contributed by atoms with Crippen LogP contribution in [0, 0.1) is 0 Å². The van der Waals surface area contributed by atoms with Gasteiger partial charge in [-0.25, -0.2) is 13.4 Å². The number of sulfonamides is 1. The summed E-state index contributed by atoms with van der Waals surface area (Å²) >= 11 is 0. The zero-order chi connectivity index (χ0) is 14.9. The van der Waals surface area contributed by atoms with Crippen LogP contribution in [-0.2, 0) is 14.8 Å². The molecule has 1 atom stereocenters. The Labute approximate surface area is 124 Å². The maximum atomic E-state index is 11.8. The van der Waals surface area contributed by atoms with Gasteiger partial charge in [-0.15, -0.1) is 0 Å². The first-order valence-electron chi connectivity index (χ1n) is 7.07. The van der Waals surface area contributed by atoms with Crippen molar-refractivity contribution in [2.45, 2.75) is 31.5 Å². The fourth-order valence-corrected chi connectivity index (χ4v) is 4.03. The van der Waals surface area contributed by atoms with Gasteiger partial charge in [-0.3, -0.25) is 4.98 Å².